The number of carbonyl (C=O) groups excluding carboxylic acids is 2. The monoisotopic (exact) mass is 362 g/mol. The molecule has 0 atom stereocenters. The first kappa shape index (κ1) is 18.1. The third-order valence-corrected chi connectivity index (χ3v) is 3.72. The maximum atomic E-state index is 12.3. The van der Waals surface area contributed by atoms with Gasteiger partial charge in [0.05, 0.1) is 17.3 Å². The summed E-state index contributed by atoms with van der Waals surface area (Å²) in [5.74, 6) is -0.364. The van der Waals surface area contributed by atoms with Crippen LogP contribution in [0.15, 0.2) is 61.2 Å². The number of nitrogens with one attached hydrogen (secondary N) is 1. The molecule has 0 saturated carbocycles. The van der Waals surface area contributed by atoms with Crippen LogP contribution in [-0.4, -0.2) is 21.8 Å². The van der Waals surface area contributed by atoms with Gasteiger partial charge in [0.25, 0.3) is 5.91 Å². The number of ether oxygens (including phenoxy) is 1. The zero-order valence-corrected chi connectivity index (χ0v) is 14.7. The fourth-order valence-electron chi connectivity index (χ4n) is 2.52. The number of rotatable bonds is 6. The number of nitrogens with two attached hydrogens (primary N) is 1. The van der Waals surface area contributed by atoms with E-state index < -0.39 is 5.91 Å². The van der Waals surface area contributed by atoms with Crippen LogP contribution in [0.25, 0.3) is 0 Å². The molecule has 0 spiro atoms. The number of hydrogen-bond acceptors (Lipinski definition) is 5. The minimum absolute atomic E-state index is 0.237. The van der Waals surface area contributed by atoms with Crippen LogP contribution in [0.2, 0.25) is 0 Å². The number of nitrogens with zero attached hydrogens (tertiary/aromatic N) is 2. The van der Waals surface area contributed by atoms with E-state index in [1.807, 2.05) is 25.1 Å². The van der Waals surface area contributed by atoms with E-state index in [-0.39, 0.29) is 18.1 Å². The van der Waals surface area contributed by atoms with Gasteiger partial charge in [-0.05, 0) is 48.4 Å². The summed E-state index contributed by atoms with van der Waals surface area (Å²) < 4.78 is 5.69. The molecule has 0 aliphatic rings. The quantitative estimate of drug-likeness (QED) is 0.701. The van der Waals surface area contributed by atoms with E-state index in [9.17, 15) is 9.59 Å². The third kappa shape index (κ3) is 4.88. The van der Waals surface area contributed by atoms with Gasteiger partial charge < -0.3 is 15.8 Å². The smallest absolute Gasteiger partial charge is 0.257 e. The number of anilines is 1. The van der Waals surface area contributed by atoms with Crippen molar-refractivity contribution in [1.29, 1.82) is 0 Å². The Morgan fingerprint density at radius 3 is 2.63 bits per heavy atom. The van der Waals surface area contributed by atoms with E-state index in [0.717, 1.165) is 11.1 Å². The second-order valence-corrected chi connectivity index (χ2v) is 5.97. The number of amides is 2. The maximum absolute atomic E-state index is 12.3. The SMILES string of the molecule is Cc1cc(COc2cncc(C(N)=O)c2)cc(NC(=O)c2cccnc2)c1. The maximum Gasteiger partial charge on any atom is 0.257 e. The summed E-state index contributed by atoms with van der Waals surface area (Å²) in [5, 5.41) is 2.85. The van der Waals surface area contributed by atoms with Crippen LogP contribution in [0.1, 0.15) is 31.8 Å². The Balaban J connectivity index is 1.71. The first-order valence-corrected chi connectivity index (χ1v) is 8.21. The minimum Gasteiger partial charge on any atom is -0.487 e. The van der Waals surface area contributed by atoms with Crippen molar-refractivity contribution >= 4 is 17.5 Å². The number of aryl methyl sites for hydroxylation is 1. The van der Waals surface area contributed by atoms with Gasteiger partial charge >= 0.3 is 0 Å². The molecule has 0 unspecified atom stereocenters. The van der Waals surface area contributed by atoms with E-state index in [4.69, 9.17) is 10.5 Å². The lowest BCUT2D eigenvalue weighted by atomic mass is 10.1. The highest BCUT2D eigenvalue weighted by Crippen LogP contribution is 2.18. The van der Waals surface area contributed by atoms with E-state index >= 15 is 0 Å². The van der Waals surface area contributed by atoms with Crippen molar-refractivity contribution < 1.29 is 14.3 Å². The normalized spacial score (nSPS) is 10.3. The van der Waals surface area contributed by atoms with Crippen LogP contribution < -0.4 is 15.8 Å². The number of benzene rings is 1. The van der Waals surface area contributed by atoms with Gasteiger partial charge in [-0.1, -0.05) is 6.07 Å². The predicted molar refractivity (Wildman–Crippen MR) is 100 cm³/mol. The first-order chi connectivity index (χ1) is 13.0. The molecule has 27 heavy (non-hydrogen) atoms. The molecule has 2 heterocycles. The predicted octanol–water partition coefficient (Wildman–Crippen LogP) is 2.72. The Bertz CT molecular complexity index is 974. The molecule has 0 radical (unpaired) electrons. The molecule has 7 heteroatoms. The summed E-state index contributed by atoms with van der Waals surface area (Å²) in [6, 6.07) is 10.6. The van der Waals surface area contributed by atoms with E-state index in [1.54, 1.807) is 18.3 Å². The van der Waals surface area contributed by atoms with Gasteiger partial charge in [-0.2, -0.15) is 0 Å². The Morgan fingerprint density at radius 2 is 1.89 bits per heavy atom. The van der Waals surface area contributed by atoms with E-state index in [1.165, 1.54) is 24.7 Å². The zero-order valence-electron chi connectivity index (χ0n) is 14.7. The molecule has 2 aromatic heterocycles. The van der Waals surface area contributed by atoms with Gasteiger partial charge in [-0.15, -0.1) is 0 Å². The Hall–Kier alpha value is -3.74. The Labute approximate surface area is 156 Å². The third-order valence-electron chi connectivity index (χ3n) is 3.72. The molecule has 0 fully saturated rings. The molecular weight excluding hydrogens is 344 g/mol. The van der Waals surface area contributed by atoms with Crippen molar-refractivity contribution in [1.82, 2.24) is 9.97 Å². The van der Waals surface area contributed by atoms with Crippen molar-refractivity contribution in [3.8, 4) is 5.75 Å². The number of pyridine rings is 2. The molecule has 3 N–H and O–H groups in total. The van der Waals surface area contributed by atoms with Gasteiger partial charge in [-0.25, -0.2) is 0 Å². The second kappa shape index (κ2) is 8.09. The standard InChI is InChI=1S/C20H18N4O3/c1-13-5-14(12-27-18-8-16(19(21)25)10-23-11-18)7-17(6-13)24-20(26)15-3-2-4-22-9-15/h2-11H,12H2,1H3,(H2,21,25)(H,24,26). The van der Waals surface area contributed by atoms with Gasteiger partial charge in [0.2, 0.25) is 5.91 Å². The van der Waals surface area contributed by atoms with Crippen molar-refractivity contribution in [3.63, 3.8) is 0 Å². The van der Waals surface area contributed by atoms with Crippen molar-refractivity contribution in [2.24, 2.45) is 5.73 Å². The summed E-state index contributed by atoms with van der Waals surface area (Å²) in [7, 11) is 0. The molecule has 0 saturated heterocycles. The average molecular weight is 362 g/mol. The molecule has 3 rings (SSSR count). The summed E-state index contributed by atoms with van der Waals surface area (Å²) in [5.41, 5.74) is 8.50. The average Bonchev–Trinajstić information content (AvgIpc) is 2.67. The molecular formula is C20H18N4O3. The van der Waals surface area contributed by atoms with Crippen molar-refractivity contribution in [2.75, 3.05) is 5.32 Å². The lowest BCUT2D eigenvalue weighted by Crippen LogP contribution is -2.12. The highest BCUT2D eigenvalue weighted by molar-refractivity contribution is 6.04. The molecule has 7 nitrogen and oxygen atoms in total. The number of hydrogen-bond donors (Lipinski definition) is 2. The second-order valence-electron chi connectivity index (χ2n) is 5.97. The largest absolute Gasteiger partial charge is 0.487 e. The molecule has 3 aromatic rings. The highest BCUT2D eigenvalue weighted by atomic mass is 16.5. The van der Waals surface area contributed by atoms with Crippen LogP contribution in [0.4, 0.5) is 5.69 Å². The molecule has 1 aromatic carbocycles. The number of primary amides is 1. The van der Waals surface area contributed by atoms with Crippen LogP contribution in [0.3, 0.4) is 0 Å². The summed E-state index contributed by atoms with van der Waals surface area (Å²) in [6.07, 6.45) is 6.01. The molecule has 0 aliphatic carbocycles. The molecule has 0 aliphatic heterocycles. The van der Waals surface area contributed by atoms with Gasteiger partial charge in [-0.3, -0.25) is 19.6 Å². The Morgan fingerprint density at radius 1 is 1.07 bits per heavy atom. The Kier molecular flexibility index (Phi) is 5.41. The zero-order chi connectivity index (χ0) is 19.2. The lowest BCUT2D eigenvalue weighted by molar-refractivity contribution is 0.0997. The lowest BCUT2D eigenvalue weighted by Gasteiger charge is -2.11. The highest BCUT2D eigenvalue weighted by Gasteiger charge is 2.08. The van der Waals surface area contributed by atoms with Crippen LogP contribution >= 0.6 is 0 Å². The fourth-order valence-corrected chi connectivity index (χ4v) is 2.52. The topological polar surface area (TPSA) is 107 Å². The summed E-state index contributed by atoms with van der Waals surface area (Å²) >= 11 is 0. The van der Waals surface area contributed by atoms with Gasteiger partial charge in [0.15, 0.2) is 0 Å². The number of aromatic nitrogens is 2. The van der Waals surface area contributed by atoms with Crippen molar-refractivity contribution in [3.05, 3.63) is 83.4 Å². The molecule has 136 valence electrons. The van der Waals surface area contributed by atoms with E-state index in [2.05, 4.69) is 15.3 Å². The first-order valence-electron chi connectivity index (χ1n) is 8.21. The summed E-state index contributed by atoms with van der Waals surface area (Å²) in [4.78, 5) is 31.4. The van der Waals surface area contributed by atoms with E-state index in [0.29, 0.717) is 17.0 Å². The van der Waals surface area contributed by atoms with Crippen LogP contribution in [0, 0.1) is 6.92 Å². The summed E-state index contributed by atoms with van der Waals surface area (Å²) in [6.45, 7) is 2.18. The van der Waals surface area contributed by atoms with Crippen LogP contribution in [0.5, 0.6) is 5.75 Å². The fraction of sp³-hybridized carbons (Fsp3) is 0.100. The van der Waals surface area contributed by atoms with Gasteiger partial charge in [0, 0.05) is 24.3 Å². The molecule has 2 amide bonds. The number of carbonyl (C=O) groups is 2. The van der Waals surface area contributed by atoms with Gasteiger partial charge in [0.1, 0.15) is 12.4 Å². The van der Waals surface area contributed by atoms with Crippen LogP contribution in [-0.2, 0) is 6.61 Å². The minimum atomic E-state index is -0.566. The molecule has 0 bridgehead atoms. The van der Waals surface area contributed by atoms with Crippen molar-refractivity contribution in [2.45, 2.75) is 13.5 Å².